The Morgan fingerprint density at radius 3 is 2.33 bits per heavy atom. The van der Waals surface area contributed by atoms with Crippen molar-refractivity contribution in [2.75, 3.05) is 30.9 Å². The fourth-order valence-electron chi connectivity index (χ4n) is 3.15. The molecule has 0 unspecified atom stereocenters. The van der Waals surface area contributed by atoms with Crippen molar-refractivity contribution in [3.05, 3.63) is 66.6 Å². The molecule has 0 spiro atoms. The molecule has 1 aromatic carbocycles. The molecule has 0 aliphatic carbocycles. The summed E-state index contributed by atoms with van der Waals surface area (Å²) in [4.78, 5) is 18.0. The summed E-state index contributed by atoms with van der Waals surface area (Å²) in [5, 5.41) is 0. The molecule has 0 atom stereocenters. The summed E-state index contributed by atoms with van der Waals surface area (Å²) < 4.78 is 2.06. The molecule has 136 valence electrons. The molecule has 0 saturated carbocycles. The van der Waals surface area contributed by atoms with Gasteiger partial charge in [0.2, 0.25) is 5.95 Å². The maximum absolute atomic E-state index is 4.80. The molecule has 3 aromatic heterocycles. The minimum Gasteiger partial charge on any atom is -0.378 e. The molecule has 0 N–H and O–H groups in total. The predicted molar refractivity (Wildman–Crippen MR) is 110 cm³/mol. The number of benzene rings is 1. The van der Waals surface area contributed by atoms with Gasteiger partial charge in [-0.25, -0.2) is 15.0 Å². The highest BCUT2D eigenvalue weighted by molar-refractivity contribution is 5.66. The number of anilines is 3. The van der Waals surface area contributed by atoms with Crippen molar-refractivity contribution in [3.8, 4) is 11.4 Å². The van der Waals surface area contributed by atoms with Crippen LogP contribution in [0, 0.1) is 6.92 Å². The minimum atomic E-state index is 0.649. The Hall–Kier alpha value is -3.41. The van der Waals surface area contributed by atoms with Gasteiger partial charge in [0.15, 0.2) is 0 Å². The standard InChI is InChI=1S/C21H22N6/c1-15-20(27-14-6-5-7-19(27)23-15)18-12-13-22-21(24-18)26(4)17-10-8-16(9-11-17)25(2)3/h5-14H,1-4H3. The van der Waals surface area contributed by atoms with Crippen LogP contribution in [0.4, 0.5) is 17.3 Å². The fraction of sp³-hybridized carbons (Fsp3) is 0.190. The van der Waals surface area contributed by atoms with Crippen LogP contribution in [0.3, 0.4) is 0 Å². The van der Waals surface area contributed by atoms with Gasteiger partial charge in [-0.05, 0) is 49.4 Å². The number of nitrogens with zero attached hydrogens (tertiary/aromatic N) is 6. The lowest BCUT2D eigenvalue weighted by atomic mass is 10.2. The molecule has 0 fully saturated rings. The van der Waals surface area contributed by atoms with Crippen LogP contribution in [0.25, 0.3) is 17.0 Å². The number of aromatic nitrogens is 4. The van der Waals surface area contributed by atoms with Gasteiger partial charge in [0.25, 0.3) is 0 Å². The lowest BCUT2D eigenvalue weighted by molar-refractivity contribution is 1.03. The number of hydrogen-bond acceptors (Lipinski definition) is 5. The highest BCUT2D eigenvalue weighted by Gasteiger charge is 2.14. The van der Waals surface area contributed by atoms with E-state index in [1.165, 1.54) is 0 Å². The van der Waals surface area contributed by atoms with Crippen molar-refractivity contribution in [3.63, 3.8) is 0 Å². The van der Waals surface area contributed by atoms with Crippen LogP contribution in [0.5, 0.6) is 0 Å². The Labute approximate surface area is 158 Å². The molecular formula is C21H22N6. The van der Waals surface area contributed by atoms with Crippen molar-refractivity contribution in [2.45, 2.75) is 6.92 Å². The summed E-state index contributed by atoms with van der Waals surface area (Å²) in [6, 6.07) is 16.2. The van der Waals surface area contributed by atoms with Gasteiger partial charge in [-0.3, -0.25) is 4.40 Å². The van der Waals surface area contributed by atoms with Gasteiger partial charge < -0.3 is 9.80 Å². The second kappa shape index (κ2) is 6.72. The third-order valence-corrected chi connectivity index (χ3v) is 4.64. The van der Waals surface area contributed by atoms with E-state index in [9.17, 15) is 0 Å². The Bertz CT molecular complexity index is 1080. The van der Waals surface area contributed by atoms with Crippen LogP contribution >= 0.6 is 0 Å². The van der Waals surface area contributed by atoms with Gasteiger partial charge >= 0.3 is 0 Å². The molecule has 0 aliphatic heterocycles. The van der Waals surface area contributed by atoms with Gasteiger partial charge in [0.05, 0.1) is 17.1 Å². The van der Waals surface area contributed by atoms with Crippen LogP contribution < -0.4 is 9.80 Å². The first-order valence-corrected chi connectivity index (χ1v) is 8.83. The summed E-state index contributed by atoms with van der Waals surface area (Å²) in [6.45, 7) is 2.01. The summed E-state index contributed by atoms with van der Waals surface area (Å²) in [5.41, 5.74) is 5.90. The van der Waals surface area contributed by atoms with Crippen molar-refractivity contribution in [1.82, 2.24) is 19.4 Å². The van der Waals surface area contributed by atoms with Gasteiger partial charge in [-0.2, -0.15) is 0 Å². The van der Waals surface area contributed by atoms with Crippen molar-refractivity contribution in [1.29, 1.82) is 0 Å². The Kier molecular flexibility index (Phi) is 4.24. The number of pyridine rings is 1. The smallest absolute Gasteiger partial charge is 0.230 e. The summed E-state index contributed by atoms with van der Waals surface area (Å²) >= 11 is 0. The van der Waals surface area contributed by atoms with Crippen LogP contribution in [0.2, 0.25) is 0 Å². The van der Waals surface area contributed by atoms with Gasteiger partial charge in [0.1, 0.15) is 5.65 Å². The Balaban J connectivity index is 1.73. The lowest BCUT2D eigenvalue weighted by Gasteiger charge is -2.19. The minimum absolute atomic E-state index is 0.649. The van der Waals surface area contributed by atoms with E-state index < -0.39 is 0 Å². The molecule has 0 aliphatic rings. The molecule has 3 heterocycles. The molecule has 6 nitrogen and oxygen atoms in total. The van der Waals surface area contributed by atoms with Crippen LogP contribution in [-0.2, 0) is 0 Å². The van der Waals surface area contributed by atoms with E-state index in [-0.39, 0.29) is 0 Å². The van der Waals surface area contributed by atoms with E-state index in [4.69, 9.17) is 4.98 Å². The molecule has 4 rings (SSSR count). The van der Waals surface area contributed by atoms with E-state index in [1.807, 2.05) is 63.4 Å². The first-order chi connectivity index (χ1) is 13.0. The third kappa shape index (κ3) is 3.10. The molecule has 0 bridgehead atoms. The summed E-state index contributed by atoms with van der Waals surface area (Å²) in [5.74, 6) is 0.649. The molecular weight excluding hydrogens is 336 g/mol. The fourth-order valence-corrected chi connectivity index (χ4v) is 3.15. The summed E-state index contributed by atoms with van der Waals surface area (Å²) in [7, 11) is 6.04. The monoisotopic (exact) mass is 358 g/mol. The summed E-state index contributed by atoms with van der Waals surface area (Å²) in [6.07, 6.45) is 3.81. The van der Waals surface area contributed by atoms with E-state index >= 15 is 0 Å². The van der Waals surface area contributed by atoms with Crippen molar-refractivity contribution in [2.24, 2.45) is 0 Å². The van der Waals surface area contributed by atoms with E-state index in [2.05, 4.69) is 43.5 Å². The average molecular weight is 358 g/mol. The molecule has 27 heavy (non-hydrogen) atoms. The molecule has 0 saturated heterocycles. The second-order valence-corrected chi connectivity index (χ2v) is 6.69. The molecule has 0 radical (unpaired) electrons. The Morgan fingerprint density at radius 1 is 0.852 bits per heavy atom. The maximum Gasteiger partial charge on any atom is 0.230 e. The van der Waals surface area contributed by atoms with E-state index in [0.29, 0.717) is 5.95 Å². The first kappa shape index (κ1) is 17.0. The number of rotatable bonds is 4. The topological polar surface area (TPSA) is 49.6 Å². The van der Waals surface area contributed by atoms with Gasteiger partial charge in [-0.15, -0.1) is 0 Å². The highest BCUT2D eigenvalue weighted by atomic mass is 15.2. The number of imidazole rings is 1. The highest BCUT2D eigenvalue weighted by Crippen LogP contribution is 2.27. The molecule has 0 amide bonds. The SMILES string of the molecule is Cc1nc2ccccn2c1-c1ccnc(N(C)c2ccc(N(C)C)cc2)n1. The second-order valence-electron chi connectivity index (χ2n) is 6.69. The van der Waals surface area contributed by atoms with Crippen LogP contribution in [-0.4, -0.2) is 40.5 Å². The van der Waals surface area contributed by atoms with Gasteiger partial charge in [-0.1, -0.05) is 6.07 Å². The van der Waals surface area contributed by atoms with E-state index in [1.54, 1.807) is 6.20 Å². The number of fused-ring (bicyclic) bond motifs is 1. The molecule has 4 aromatic rings. The largest absolute Gasteiger partial charge is 0.378 e. The predicted octanol–water partition coefficient (Wildman–Crippen LogP) is 3.93. The quantitative estimate of drug-likeness (QED) is 0.553. The maximum atomic E-state index is 4.80. The van der Waals surface area contributed by atoms with Crippen molar-refractivity contribution >= 4 is 23.0 Å². The zero-order chi connectivity index (χ0) is 19.0. The zero-order valence-electron chi connectivity index (χ0n) is 16.0. The van der Waals surface area contributed by atoms with Crippen LogP contribution in [0.15, 0.2) is 60.9 Å². The molecule has 6 heteroatoms. The zero-order valence-corrected chi connectivity index (χ0v) is 16.0. The average Bonchev–Trinajstić information content (AvgIpc) is 3.03. The van der Waals surface area contributed by atoms with Crippen LogP contribution in [0.1, 0.15) is 5.69 Å². The van der Waals surface area contributed by atoms with E-state index in [0.717, 1.165) is 34.1 Å². The lowest BCUT2D eigenvalue weighted by Crippen LogP contribution is -2.14. The first-order valence-electron chi connectivity index (χ1n) is 8.83. The van der Waals surface area contributed by atoms with Crippen molar-refractivity contribution < 1.29 is 0 Å². The third-order valence-electron chi connectivity index (χ3n) is 4.64. The van der Waals surface area contributed by atoms with Gasteiger partial charge in [0, 0.05) is 44.9 Å². The Morgan fingerprint density at radius 2 is 1.59 bits per heavy atom. The normalized spacial score (nSPS) is 11.0. The number of hydrogen-bond donors (Lipinski definition) is 0. The number of aryl methyl sites for hydroxylation is 1.